The minimum atomic E-state index is -1.22. The number of aryl methyl sites for hydroxylation is 1. The van der Waals surface area contributed by atoms with Crippen LogP contribution in [0.15, 0.2) is 36.4 Å². The summed E-state index contributed by atoms with van der Waals surface area (Å²) in [6.07, 6.45) is 0.944. The van der Waals surface area contributed by atoms with Crippen LogP contribution in [0.2, 0.25) is 0 Å². The number of likely N-dealkylation sites (tertiary alicyclic amines) is 1. The van der Waals surface area contributed by atoms with Gasteiger partial charge in [0.05, 0.1) is 37.8 Å². The van der Waals surface area contributed by atoms with Crippen LogP contribution in [0.3, 0.4) is 0 Å². The molecule has 2 aromatic carbocycles. The minimum absolute atomic E-state index is 0.0911. The van der Waals surface area contributed by atoms with Crippen molar-refractivity contribution in [3.05, 3.63) is 70.3 Å². The van der Waals surface area contributed by atoms with Crippen LogP contribution in [-0.4, -0.2) is 83.9 Å². The van der Waals surface area contributed by atoms with E-state index in [4.69, 9.17) is 4.74 Å². The molecule has 41 heavy (non-hydrogen) atoms. The number of rotatable bonds is 9. The molecule has 9 nitrogen and oxygen atoms in total. The van der Waals surface area contributed by atoms with Gasteiger partial charge in [0.15, 0.2) is 0 Å². The first-order valence-electron chi connectivity index (χ1n) is 13.9. The van der Waals surface area contributed by atoms with Crippen LogP contribution >= 0.6 is 0 Å². The van der Waals surface area contributed by atoms with Gasteiger partial charge in [-0.3, -0.25) is 14.4 Å². The lowest BCUT2D eigenvalue weighted by molar-refractivity contribution is -0.147. The van der Waals surface area contributed by atoms with E-state index >= 15 is 0 Å². The topological polar surface area (TPSA) is 128 Å². The summed E-state index contributed by atoms with van der Waals surface area (Å²) in [5.41, 5.74) is 1.38. The van der Waals surface area contributed by atoms with Gasteiger partial charge in [0.2, 0.25) is 0 Å². The summed E-state index contributed by atoms with van der Waals surface area (Å²) >= 11 is 0. The highest BCUT2D eigenvalue weighted by Crippen LogP contribution is 2.24. The molecule has 5 atom stereocenters. The lowest BCUT2D eigenvalue weighted by Crippen LogP contribution is -2.56. The van der Waals surface area contributed by atoms with E-state index in [0.717, 1.165) is 24.6 Å². The summed E-state index contributed by atoms with van der Waals surface area (Å²) < 4.78 is 32.8. The fourth-order valence-corrected chi connectivity index (χ4v) is 5.86. The van der Waals surface area contributed by atoms with Crippen LogP contribution < -0.4 is 10.6 Å². The Morgan fingerprint density at radius 2 is 1.80 bits per heavy atom. The molecule has 4 N–H and O–H groups in total. The maximum atomic E-state index is 14.0. The molecule has 2 aliphatic rings. The molecule has 2 saturated heterocycles. The molecule has 4 rings (SSSR count). The van der Waals surface area contributed by atoms with Crippen LogP contribution in [0.1, 0.15) is 57.5 Å². The summed E-state index contributed by atoms with van der Waals surface area (Å²) in [6, 6.07) is 5.90. The van der Waals surface area contributed by atoms with Crippen LogP contribution in [0.25, 0.3) is 0 Å². The molecule has 2 fully saturated rings. The Morgan fingerprint density at radius 1 is 1.10 bits per heavy atom. The Bertz CT molecular complexity index is 1250. The number of nitrogens with zero attached hydrogens (tertiary/aromatic N) is 1. The Morgan fingerprint density at radius 3 is 2.49 bits per heavy atom. The van der Waals surface area contributed by atoms with E-state index in [-0.39, 0.29) is 42.5 Å². The third-order valence-corrected chi connectivity index (χ3v) is 7.93. The van der Waals surface area contributed by atoms with Crippen molar-refractivity contribution in [3.8, 4) is 0 Å². The van der Waals surface area contributed by atoms with Gasteiger partial charge in [0, 0.05) is 29.8 Å². The predicted octanol–water partition coefficient (Wildman–Crippen LogP) is 2.11. The number of amides is 2. The number of nitrogens with one attached hydrogen (secondary N) is 2. The second kappa shape index (κ2) is 13.5. The van der Waals surface area contributed by atoms with Gasteiger partial charge in [0.25, 0.3) is 11.8 Å². The van der Waals surface area contributed by atoms with Crippen molar-refractivity contribution in [2.24, 2.45) is 5.92 Å². The molecule has 2 aliphatic heterocycles. The first kappa shape index (κ1) is 30.5. The van der Waals surface area contributed by atoms with Crippen LogP contribution in [0, 0.1) is 24.5 Å². The molecule has 0 aliphatic carbocycles. The van der Waals surface area contributed by atoms with E-state index < -0.39 is 47.6 Å². The summed E-state index contributed by atoms with van der Waals surface area (Å²) in [4.78, 5) is 40.5. The number of carbonyl (C=O) groups excluding carboxylic acids is 3. The lowest BCUT2D eigenvalue weighted by Gasteiger charge is -2.36. The Balaban J connectivity index is 1.59. The molecule has 0 spiro atoms. The molecule has 2 amide bonds. The molecule has 0 bridgehead atoms. The van der Waals surface area contributed by atoms with Gasteiger partial charge in [-0.1, -0.05) is 0 Å². The van der Waals surface area contributed by atoms with Gasteiger partial charge in [-0.2, -0.15) is 0 Å². The predicted molar refractivity (Wildman–Crippen MR) is 146 cm³/mol. The number of aliphatic hydroxyl groups is 2. The molecule has 0 radical (unpaired) electrons. The summed E-state index contributed by atoms with van der Waals surface area (Å²) in [7, 11) is 1.30. The molecule has 0 aromatic heterocycles. The number of halogens is 2. The smallest absolute Gasteiger partial charge is 0.308 e. The van der Waals surface area contributed by atoms with Gasteiger partial charge in [-0.05, 0) is 87.0 Å². The molecular formula is C30H37F2N3O6. The maximum absolute atomic E-state index is 14.0. The van der Waals surface area contributed by atoms with Crippen LogP contribution in [0.5, 0.6) is 0 Å². The number of carbonyl (C=O) groups is 3. The molecule has 2 heterocycles. The lowest BCUT2D eigenvalue weighted by atomic mass is 9.86. The summed E-state index contributed by atoms with van der Waals surface area (Å²) in [5, 5.41) is 27.0. The van der Waals surface area contributed by atoms with E-state index in [0.29, 0.717) is 37.1 Å². The first-order valence-corrected chi connectivity index (χ1v) is 13.9. The third kappa shape index (κ3) is 7.46. The zero-order chi connectivity index (χ0) is 29.7. The van der Waals surface area contributed by atoms with Crippen LogP contribution in [0.4, 0.5) is 8.78 Å². The number of ether oxygens (including phenoxy) is 1. The van der Waals surface area contributed by atoms with Crippen molar-refractivity contribution in [1.29, 1.82) is 0 Å². The number of hydrogen-bond donors (Lipinski definition) is 4. The number of esters is 1. The van der Waals surface area contributed by atoms with Crippen molar-refractivity contribution >= 4 is 17.8 Å². The van der Waals surface area contributed by atoms with Crippen molar-refractivity contribution in [2.45, 2.75) is 63.3 Å². The largest absolute Gasteiger partial charge is 0.469 e. The Labute approximate surface area is 237 Å². The fourth-order valence-electron chi connectivity index (χ4n) is 5.86. The van der Waals surface area contributed by atoms with Gasteiger partial charge < -0.3 is 30.5 Å². The maximum Gasteiger partial charge on any atom is 0.308 e. The Kier molecular flexibility index (Phi) is 10.1. The van der Waals surface area contributed by atoms with Crippen molar-refractivity contribution in [2.75, 3.05) is 26.8 Å². The number of benzene rings is 2. The highest BCUT2D eigenvalue weighted by molar-refractivity contribution is 6.00. The van der Waals surface area contributed by atoms with Crippen molar-refractivity contribution < 1.29 is 38.1 Å². The standard InChI is InChI=1S/C30H37F2N3O6/c1-17-8-20(13-21(9-17)29(39)35-7-3-4-24(35)16-36)28(38)34-26(12-18-10-22(31)15-23(32)11-18)27(37)25-14-19(5-6-33-25)30(40)41-2/h8-11,13,15,19,24-27,33,36-37H,3-7,12,14,16H2,1-2H3,(H,34,38)/t19?,24-,25?,26?,27?/m1/s1. The molecule has 0 saturated carbocycles. The van der Waals surface area contributed by atoms with Gasteiger partial charge in [-0.15, -0.1) is 0 Å². The number of piperidine rings is 1. The molecule has 2 aromatic rings. The zero-order valence-corrected chi connectivity index (χ0v) is 23.2. The zero-order valence-electron chi connectivity index (χ0n) is 23.2. The highest BCUT2D eigenvalue weighted by Gasteiger charge is 2.36. The number of hydrogen-bond acceptors (Lipinski definition) is 7. The molecule has 222 valence electrons. The fraction of sp³-hybridized carbons (Fsp3) is 0.500. The molecular weight excluding hydrogens is 536 g/mol. The second-order valence-corrected chi connectivity index (χ2v) is 10.9. The highest BCUT2D eigenvalue weighted by atomic mass is 19.1. The normalized spacial score (nSPS) is 22.2. The van der Waals surface area contributed by atoms with Crippen molar-refractivity contribution in [3.63, 3.8) is 0 Å². The van der Waals surface area contributed by atoms with Crippen molar-refractivity contribution in [1.82, 2.24) is 15.5 Å². The van der Waals surface area contributed by atoms with Gasteiger partial charge >= 0.3 is 5.97 Å². The number of aliphatic hydroxyl groups excluding tert-OH is 2. The minimum Gasteiger partial charge on any atom is -0.469 e. The third-order valence-electron chi connectivity index (χ3n) is 7.93. The summed E-state index contributed by atoms with van der Waals surface area (Å²) in [6.45, 7) is 2.56. The summed E-state index contributed by atoms with van der Waals surface area (Å²) in [5.74, 6) is -3.27. The second-order valence-electron chi connectivity index (χ2n) is 10.9. The van der Waals surface area contributed by atoms with E-state index in [9.17, 15) is 33.4 Å². The van der Waals surface area contributed by atoms with Gasteiger partial charge in [-0.25, -0.2) is 8.78 Å². The number of methoxy groups -OCH3 is 1. The average molecular weight is 574 g/mol. The SMILES string of the molecule is COC(=O)C1CCNC(C(O)C(Cc2cc(F)cc(F)c2)NC(=O)c2cc(C)cc(C(=O)N3CCC[C@@H]3CO)c2)C1. The van der Waals surface area contributed by atoms with Gasteiger partial charge in [0.1, 0.15) is 11.6 Å². The quantitative estimate of drug-likeness (QED) is 0.339. The van der Waals surface area contributed by atoms with Crippen LogP contribution in [-0.2, 0) is 16.0 Å². The van der Waals surface area contributed by atoms with E-state index in [1.807, 2.05) is 0 Å². The monoisotopic (exact) mass is 573 g/mol. The average Bonchev–Trinajstić information content (AvgIpc) is 3.43. The van der Waals surface area contributed by atoms with E-state index in [2.05, 4.69) is 10.6 Å². The van der Waals surface area contributed by atoms with E-state index in [1.54, 1.807) is 24.0 Å². The first-order chi connectivity index (χ1) is 19.6. The molecule has 11 heteroatoms. The van der Waals surface area contributed by atoms with E-state index in [1.165, 1.54) is 13.2 Å². The Hall–Kier alpha value is -3.41. The molecule has 4 unspecified atom stereocenters.